The van der Waals surface area contributed by atoms with E-state index in [4.69, 9.17) is 15.2 Å². The predicted molar refractivity (Wildman–Crippen MR) is 96.4 cm³/mol. The van der Waals surface area contributed by atoms with Crippen molar-refractivity contribution in [2.45, 2.75) is 37.8 Å². The van der Waals surface area contributed by atoms with Crippen LogP contribution in [0.3, 0.4) is 0 Å². The number of sulfonamides is 1. The topological polar surface area (TPSA) is 85.1 Å². The minimum absolute atomic E-state index is 0.0509. The first-order valence-electron chi connectivity index (χ1n) is 9.43. The number of piperidine rings is 2. The fourth-order valence-electron chi connectivity index (χ4n) is 5.23. The average Bonchev–Trinajstić information content (AvgIpc) is 3.11. The summed E-state index contributed by atoms with van der Waals surface area (Å²) in [5.41, 5.74) is 8.13. The number of rotatable bonds is 2. The van der Waals surface area contributed by atoms with Crippen LogP contribution in [0, 0.1) is 5.92 Å². The second kappa shape index (κ2) is 6.09. The highest BCUT2D eigenvalue weighted by Crippen LogP contribution is 2.46. The summed E-state index contributed by atoms with van der Waals surface area (Å²) in [6.07, 6.45) is 3.86. The molecule has 26 heavy (non-hydrogen) atoms. The quantitative estimate of drug-likeness (QED) is 0.827. The molecule has 0 spiro atoms. The van der Waals surface area contributed by atoms with Crippen LogP contribution in [0.4, 0.5) is 0 Å². The highest BCUT2D eigenvalue weighted by molar-refractivity contribution is 7.89. The predicted octanol–water partition coefficient (Wildman–Crippen LogP) is 1.04. The van der Waals surface area contributed by atoms with Gasteiger partial charge < -0.3 is 15.2 Å². The molecule has 0 radical (unpaired) electrons. The van der Waals surface area contributed by atoms with Crippen LogP contribution in [0.2, 0.25) is 0 Å². The number of hydrogen-bond donors (Lipinski definition) is 1. The second-order valence-electron chi connectivity index (χ2n) is 7.76. The first-order chi connectivity index (χ1) is 12.6. The van der Waals surface area contributed by atoms with Gasteiger partial charge in [-0.3, -0.25) is 4.90 Å². The maximum atomic E-state index is 12.5. The molecule has 2 N–H and O–H groups in total. The molecule has 0 bridgehead atoms. The summed E-state index contributed by atoms with van der Waals surface area (Å²) in [6.45, 7) is 2.85. The van der Waals surface area contributed by atoms with E-state index in [0.29, 0.717) is 12.5 Å². The summed E-state index contributed by atoms with van der Waals surface area (Å²) in [5, 5.41) is 0. The smallest absolute Gasteiger partial charge is 0.231 e. The van der Waals surface area contributed by atoms with Crippen LogP contribution < -0.4 is 15.2 Å². The molecule has 2 saturated heterocycles. The highest BCUT2D eigenvalue weighted by atomic mass is 32.2. The second-order valence-corrected chi connectivity index (χ2v) is 9.73. The number of hydrogen-bond acceptors (Lipinski definition) is 6. The maximum absolute atomic E-state index is 12.5. The van der Waals surface area contributed by atoms with Crippen molar-refractivity contribution < 1.29 is 17.9 Å². The lowest BCUT2D eigenvalue weighted by Crippen LogP contribution is -2.58. The van der Waals surface area contributed by atoms with E-state index < -0.39 is 10.0 Å². The maximum Gasteiger partial charge on any atom is 0.231 e. The van der Waals surface area contributed by atoms with E-state index >= 15 is 0 Å². The molecule has 142 valence electrons. The van der Waals surface area contributed by atoms with Gasteiger partial charge in [0.25, 0.3) is 0 Å². The Bertz CT molecular complexity index is 828. The third-order valence-corrected chi connectivity index (χ3v) is 8.06. The fraction of sp³-hybridized carbons (Fsp3) is 0.667. The lowest BCUT2D eigenvalue weighted by atomic mass is 9.77. The summed E-state index contributed by atoms with van der Waals surface area (Å²) in [4.78, 5) is 2.53. The summed E-state index contributed by atoms with van der Waals surface area (Å²) < 4.78 is 37.8. The summed E-state index contributed by atoms with van der Waals surface area (Å²) in [7, 11) is -3.37. The highest BCUT2D eigenvalue weighted by Gasteiger charge is 2.45. The molecule has 0 aliphatic carbocycles. The number of benzene rings is 1. The van der Waals surface area contributed by atoms with Gasteiger partial charge in [-0.05, 0) is 54.9 Å². The Morgan fingerprint density at radius 1 is 1.19 bits per heavy atom. The number of nitrogens with zero attached hydrogens (tertiary/aromatic N) is 2. The molecule has 0 aromatic heterocycles. The van der Waals surface area contributed by atoms with E-state index in [-0.39, 0.29) is 24.8 Å². The Balaban J connectivity index is 1.50. The molecular weight excluding hydrogens is 354 g/mol. The number of nitrogens with two attached hydrogens (primary N) is 1. The van der Waals surface area contributed by atoms with Crippen molar-refractivity contribution in [1.29, 1.82) is 0 Å². The van der Waals surface area contributed by atoms with Gasteiger partial charge in [0.2, 0.25) is 16.8 Å². The molecule has 4 aliphatic heterocycles. The molecule has 0 saturated carbocycles. The van der Waals surface area contributed by atoms with Gasteiger partial charge >= 0.3 is 0 Å². The standard InChI is InChI=1S/C18H25N3O4S/c19-10-26(22,23)21-4-1-2-13-9-20-5-3-12-6-17-18(25-11-24-17)7-14(12)16(20)8-15(13)21/h6-7,13,15-16H,1-5,8-11,19H2/t13-,15+,16-/m0/s1. The Kier molecular flexibility index (Phi) is 3.93. The van der Waals surface area contributed by atoms with E-state index in [2.05, 4.69) is 17.0 Å². The van der Waals surface area contributed by atoms with Gasteiger partial charge in [-0.2, -0.15) is 4.31 Å². The normalized spacial score (nSPS) is 31.2. The average molecular weight is 379 g/mol. The van der Waals surface area contributed by atoms with E-state index in [0.717, 1.165) is 50.3 Å². The monoisotopic (exact) mass is 379 g/mol. The van der Waals surface area contributed by atoms with Crippen LogP contribution >= 0.6 is 0 Å². The van der Waals surface area contributed by atoms with Crippen molar-refractivity contribution >= 4 is 10.0 Å². The molecule has 5 rings (SSSR count). The summed E-state index contributed by atoms with van der Waals surface area (Å²) >= 11 is 0. The molecule has 0 amide bonds. The van der Waals surface area contributed by atoms with Gasteiger partial charge in [-0.15, -0.1) is 0 Å². The van der Waals surface area contributed by atoms with Crippen molar-refractivity contribution in [3.05, 3.63) is 23.3 Å². The third-order valence-electron chi connectivity index (χ3n) is 6.47. The van der Waals surface area contributed by atoms with Gasteiger partial charge in [0, 0.05) is 31.7 Å². The van der Waals surface area contributed by atoms with Gasteiger partial charge in [0.05, 0.1) is 0 Å². The lowest BCUT2D eigenvalue weighted by molar-refractivity contribution is 0.0219. The Hall–Kier alpha value is -1.35. The summed E-state index contributed by atoms with van der Waals surface area (Å²) in [5.74, 6) is 1.73. The lowest BCUT2D eigenvalue weighted by Gasteiger charge is -2.51. The Labute approximate surface area is 154 Å². The molecule has 4 heterocycles. The van der Waals surface area contributed by atoms with Crippen molar-refractivity contribution in [1.82, 2.24) is 9.21 Å². The van der Waals surface area contributed by atoms with E-state index in [1.165, 1.54) is 11.1 Å². The fourth-order valence-corrected chi connectivity index (χ4v) is 6.50. The zero-order valence-electron chi connectivity index (χ0n) is 14.8. The largest absolute Gasteiger partial charge is 0.454 e. The molecule has 3 atom stereocenters. The zero-order valence-corrected chi connectivity index (χ0v) is 15.6. The molecule has 7 nitrogen and oxygen atoms in total. The van der Waals surface area contributed by atoms with Crippen molar-refractivity contribution in [2.24, 2.45) is 11.7 Å². The van der Waals surface area contributed by atoms with E-state index in [1.807, 2.05) is 0 Å². The van der Waals surface area contributed by atoms with Crippen molar-refractivity contribution in [2.75, 3.05) is 32.3 Å². The van der Waals surface area contributed by atoms with Crippen LogP contribution in [0.25, 0.3) is 0 Å². The van der Waals surface area contributed by atoms with Crippen LogP contribution in [0.1, 0.15) is 36.4 Å². The molecular formula is C18H25N3O4S. The van der Waals surface area contributed by atoms with Crippen LogP contribution in [-0.4, -0.2) is 56.0 Å². The zero-order chi connectivity index (χ0) is 17.9. The van der Waals surface area contributed by atoms with Gasteiger partial charge in [0.15, 0.2) is 11.5 Å². The van der Waals surface area contributed by atoms with Crippen molar-refractivity contribution in [3.63, 3.8) is 0 Å². The molecule has 2 fully saturated rings. The van der Waals surface area contributed by atoms with Crippen molar-refractivity contribution in [3.8, 4) is 11.5 Å². The van der Waals surface area contributed by atoms with E-state index in [9.17, 15) is 8.42 Å². The first kappa shape index (κ1) is 16.8. The van der Waals surface area contributed by atoms with Crippen LogP contribution in [-0.2, 0) is 16.4 Å². The van der Waals surface area contributed by atoms with Crippen LogP contribution in [0.5, 0.6) is 11.5 Å². The number of ether oxygens (including phenoxy) is 2. The molecule has 1 aromatic rings. The van der Waals surface area contributed by atoms with Gasteiger partial charge in [-0.1, -0.05) is 0 Å². The minimum atomic E-state index is -3.37. The summed E-state index contributed by atoms with van der Waals surface area (Å²) in [6, 6.07) is 4.51. The molecule has 8 heteroatoms. The Morgan fingerprint density at radius 3 is 2.81 bits per heavy atom. The third kappa shape index (κ3) is 2.54. The first-order valence-corrected chi connectivity index (χ1v) is 11.0. The molecule has 0 unspecified atom stereocenters. The molecule has 4 aliphatic rings. The molecule has 1 aromatic carbocycles. The SMILES string of the molecule is NCS(=O)(=O)N1CCC[C@H]2CN3CCc4cc5c(cc4[C@@H]3C[C@H]21)OCO5. The van der Waals surface area contributed by atoms with Crippen LogP contribution in [0.15, 0.2) is 12.1 Å². The number of fused-ring (bicyclic) bond motifs is 5. The Morgan fingerprint density at radius 2 is 2.00 bits per heavy atom. The van der Waals surface area contributed by atoms with Gasteiger partial charge in [-0.25, -0.2) is 8.42 Å². The van der Waals surface area contributed by atoms with E-state index in [1.54, 1.807) is 4.31 Å². The van der Waals surface area contributed by atoms with Gasteiger partial charge in [0.1, 0.15) is 5.88 Å². The minimum Gasteiger partial charge on any atom is -0.454 e.